The molecule has 1 aliphatic rings. The predicted octanol–water partition coefficient (Wildman–Crippen LogP) is 7.00. The molecule has 1 N–H and O–H groups in total. The van der Waals surface area contributed by atoms with Crippen molar-refractivity contribution in [1.29, 1.82) is 0 Å². The monoisotopic (exact) mass is 435 g/mol. The van der Waals surface area contributed by atoms with Gasteiger partial charge in [0.1, 0.15) is 18.1 Å². The maximum absolute atomic E-state index is 11.0. The summed E-state index contributed by atoms with van der Waals surface area (Å²) in [6.45, 7) is 15.4. The fourth-order valence-corrected chi connectivity index (χ4v) is 3.88. The molecular formula is C26H33NO3Si+. The van der Waals surface area contributed by atoms with Gasteiger partial charge < -0.3 is 14.3 Å². The van der Waals surface area contributed by atoms with Gasteiger partial charge in [0, 0.05) is 12.8 Å². The van der Waals surface area contributed by atoms with E-state index in [0.717, 1.165) is 28.7 Å². The van der Waals surface area contributed by atoms with Crippen molar-refractivity contribution in [2.45, 2.75) is 45.8 Å². The van der Waals surface area contributed by atoms with Crippen molar-refractivity contribution in [3.05, 3.63) is 91.5 Å². The third-order valence-electron chi connectivity index (χ3n) is 6.03. The molecule has 2 aromatic rings. The summed E-state index contributed by atoms with van der Waals surface area (Å²) in [6, 6.07) is 18.4. The molecule has 0 bridgehead atoms. The Labute approximate surface area is 188 Å². The minimum Gasteiger partial charge on any atom is -0.464 e. The summed E-state index contributed by atoms with van der Waals surface area (Å²) >= 11 is 0. The van der Waals surface area contributed by atoms with Crippen molar-refractivity contribution in [1.82, 2.24) is 4.90 Å². The molecule has 0 amide bonds. The van der Waals surface area contributed by atoms with Gasteiger partial charge in [0.25, 0.3) is 0 Å². The number of aliphatic hydroxyl groups is 1. The Bertz CT molecular complexity index is 902. The molecule has 0 aromatic heterocycles. The van der Waals surface area contributed by atoms with E-state index in [1.807, 2.05) is 80.9 Å². The van der Waals surface area contributed by atoms with Crippen LogP contribution < -0.4 is 9.64 Å². The van der Waals surface area contributed by atoms with Crippen LogP contribution in [0.15, 0.2) is 60.5 Å². The molecular weight excluding hydrogens is 402 g/mol. The van der Waals surface area contributed by atoms with Gasteiger partial charge in [0.15, 0.2) is 8.32 Å². The Morgan fingerprint density at radius 2 is 1.68 bits per heavy atom. The van der Waals surface area contributed by atoms with Gasteiger partial charge in [0.2, 0.25) is 12.6 Å². The number of likely N-dealkylation sites (tertiary alicyclic amines) is 1. The quantitative estimate of drug-likeness (QED) is 0.289. The SMILES string of the molecule is C/C(=C(/O)[N+]1[CH][CH][CH][C]1CO[Si](C)(C)C(C)(C)C)c1cccc(Oc2ccccc2)c1. The summed E-state index contributed by atoms with van der Waals surface area (Å²) < 4.78 is 12.3. The molecule has 5 radical (unpaired) electrons. The van der Waals surface area contributed by atoms with E-state index in [2.05, 4.69) is 33.9 Å². The van der Waals surface area contributed by atoms with E-state index in [0.29, 0.717) is 6.61 Å². The van der Waals surface area contributed by atoms with Gasteiger partial charge in [-0.3, -0.25) is 0 Å². The summed E-state index contributed by atoms with van der Waals surface area (Å²) in [4.78, 5) is 1.80. The van der Waals surface area contributed by atoms with Crippen molar-refractivity contribution < 1.29 is 14.3 Å². The normalized spacial score (nSPS) is 17.0. The number of hydrogen-bond acceptors (Lipinski definition) is 4. The number of para-hydroxylation sites is 1. The molecule has 1 aliphatic heterocycles. The van der Waals surface area contributed by atoms with E-state index in [1.54, 1.807) is 4.90 Å². The van der Waals surface area contributed by atoms with E-state index < -0.39 is 8.32 Å². The third kappa shape index (κ3) is 5.79. The molecule has 0 unspecified atom stereocenters. The lowest BCUT2D eigenvalue weighted by Gasteiger charge is -2.36. The lowest BCUT2D eigenvalue weighted by atomic mass is 10.1. The lowest BCUT2D eigenvalue weighted by molar-refractivity contribution is 0.257. The second-order valence-electron chi connectivity index (χ2n) is 9.31. The van der Waals surface area contributed by atoms with Crippen LogP contribution in [0, 0.1) is 25.4 Å². The summed E-state index contributed by atoms with van der Waals surface area (Å²) in [7, 11) is -1.88. The zero-order valence-corrected chi connectivity index (χ0v) is 20.3. The molecule has 3 rings (SSSR count). The number of ether oxygens (including phenoxy) is 1. The zero-order valence-electron chi connectivity index (χ0n) is 19.3. The average Bonchev–Trinajstić information content (AvgIpc) is 3.20. The molecule has 163 valence electrons. The first-order chi connectivity index (χ1) is 14.6. The van der Waals surface area contributed by atoms with Gasteiger partial charge in [-0.25, -0.2) is 0 Å². The minimum absolute atomic E-state index is 0.136. The Hall–Kier alpha value is -2.08. The second kappa shape index (κ2) is 9.59. The first kappa shape index (κ1) is 23.6. The van der Waals surface area contributed by atoms with Crippen LogP contribution >= 0.6 is 0 Å². The van der Waals surface area contributed by atoms with Crippen LogP contribution in [0.2, 0.25) is 18.1 Å². The van der Waals surface area contributed by atoms with E-state index in [4.69, 9.17) is 9.16 Å². The largest absolute Gasteiger partial charge is 0.464 e. The van der Waals surface area contributed by atoms with Crippen molar-refractivity contribution in [2.75, 3.05) is 6.61 Å². The molecule has 2 aromatic carbocycles. The number of rotatable bonds is 7. The highest BCUT2D eigenvalue weighted by Gasteiger charge is 2.45. The van der Waals surface area contributed by atoms with Crippen molar-refractivity contribution in [2.24, 2.45) is 0 Å². The summed E-state index contributed by atoms with van der Waals surface area (Å²) in [5, 5.41) is 11.2. The van der Waals surface area contributed by atoms with Crippen LogP contribution in [-0.2, 0) is 4.43 Å². The molecule has 1 saturated heterocycles. The number of aliphatic hydroxyl groups excluding tert-OH is 1. The molecule has 31 heavy (non-hydrogen) atoms. The van der Waals surface area contributed by atoms with Crippen LogP contribution in [0.4, 0.5) is 0 Å². The first-order valence-corrected chi connectivity index (χ1v) is 13.5. The standard InChI is InChI=1S/C26H33NO3Si/c1-20(21-12-10-16-24(18-21)30-23-14-8-7-9-15-23)25(28)27-17-11-13-22(27)19-29-31(5,6)26(2,3)4/h7-18,28H,19H2,1-6H3/q+1/b25-20-. The predicted molar refractivity (Wildman–Crippen MR) is 130 cm³/mol. The van der Waals surface area contributed by atoms with Gasteiger partial charge in [-0.05, 0) is 54.9 Å². The van der Waals surface area contributed by atoms with Crippen LogP contribution in [0.5, 0.6) is 11.5 Å². The van der Waals surface area contributed by atoms with Gasteiger partial charge in [-0.2, -0.15) is 0 Å². The van der Waals surface area contributed by atoms with Gasteiger partial charge in [-0.1, -0.05) is 56.0 Å². The maximum Gasteiger partial charge on any atom is 0.343 e. The topological polar surface area (TPSA) is 44.6 Å². The molecule has 0 atom stereocenters. The molecule has 0 aliphatic carbocycles. The van der Waals surface area contributed by atoms with Gasteiger partial charge >= 0.3 is 5.88 Å². The molecule has 1 heterocycles. The van der Waals surface area contributed by atoms with E-state index in [9.17, 15) is 5.11 Å². The van der Waals surface area contributed by atoms with Gasteiger partial charge in [-0.15, -0.1) is 0 Å². The number of nitrogens with zero attached hydrogens (tertiary/aromatic N) is 1. The van der Waals surface area contributed by atoms with Crippen molar-refractivity contribution >= 4 is 13.9 Å². The maximum atomic E-state index is 11.0. The average molecular weight is 436 g/mol. The Balaban J connectivity index is 1.74. The van der Waals surface area contributed by atoms with E-state index in [1.165, 1.54) is 0 Å². The van der Waals surface area contributed by atoms with Crippen LogP contribution in [0.1, 0.15) is 33.3 Å². The smallest absolute Gasteiger partial charge is 0.343 e. The van der Waals surface area contributed by atoms with Gasteiger partial charge in [0.05, 0.1) is 5.57 Å². The molecule has 5 heteroatoms. The molecule has 0 saturated carbocycles. The van der Waals surface area contributed by atoms with Crippen LogP contribution in [0.3, 0.4) is 0 Å². The third-order valence-corrected chi connectivity index (χ3v) is 10.5. The molecule has 0 spiro atoms. The zero-order chi connectivity index (χ0) is 22.6. The fourth-order valence-electron chi connectivity index (χ4n) is 2.94. The highest BCUT2D eigenvalue weighted by atomic mass is 28.4. The van der Waals surface area contributed by atoms with Crippen LogP contribution in [0.25, 0.3) is 5.57 Å². The molecule has 4 nitrogen and oxygen atoms in total. The Kier molecular flexibility index (Phi) is 7.30. The molecule has 1 fully saturated rings. The summed E-state index contributed by atoms with van der Waals surface area (Å²) in [6.07, 6.45) is 3.92. The fraction of sp³-hybridized carbons (Fsp3) is 0.308. The van der Waals surface area contributed by atoms with Crippen molar-refractivity contribution in [3.8, 4) is 11.5 Å². The minimum atomic E-state index is -1.88. The van der Waals surface area contributed by atoms with E-state index >= 15 is 0 Å². The summed E-state index contributed by atoms with van der Waals surface area (Å²) in [5.74, 6) is 1.70. The lowest BCUT2D eigenvalue weighted by Crippen LogP contribution is -2.43. The Morgan fingerprint density at radius 1 is 1.00 bits per heavy atom. The number of hydrogen-bond donors (Lipinski definition) is 1. The highest BCUT2D eigenvalue weighted by molar-refractivity contribution is 6.74. The second-order valence-corrected chi connectivity index (χ2v) is 14.1. The highest BCUT2D eigenvalue weighted by Crippen LogP contribution is 2.38. The Morgan fingerprint density at radius 3 is 2.35 bits per heavy atom. The number of benzene rings is 2. The summed E-state index contributed by atoms with van der Waals surface area (Å²) in [5.41, 5.74) is 1.67. The van der Waals surface area contributed by atoms with E-state index in [-0.39, 0.29) is 10.9 Å². The van der Waals surface area contributed by atoms with Crippen LogP contribution in [-0.4, -0.2) is 20.0 Å². The van der Waals surface area contributed by atoms with Crippen molar-refractivity contribution in [3.63, 3.8) is 0 Å². The number of allylic oxidation sites excluding steroid dienone is 1. The first-order valence-electron chi connectivity index (χ1n) is 10.6.